The number of unbranched alkanes of at least 4 members (excludes halogenated alkanes) is 1. The lowest BCUT2D eigenvalue weighted by atomic mass is 9.93. The van der Waals surface area contributed by atoms with E-state index in [9.17, 15) is 9.59 Å². The van der Waals surface area contributed by atoms with Crippen LogP contribution in [-0.4, -0.2) is 32.4 Å². The number of esters is 1. The number of nitrogens with zero attached hydrogens (tertiary/aromatic N) is 2. The monoisotopic (exact) mass is 601 g/mol. The Morgan fingerprint density at radius 3 is 2.22 bits per heavy atom. The molecule has 0 saturated carbocycles. The van der Waals surface area contributed by atoms with Crippen molar-refractivity contribution in [2.45, 2.75) is 78.5 Å². The molecule has 0 bridgehead atoms. The minimum atomic E-state index is -0.795. The number of carbonyl (C=O) groups is 2. The van der Waals surface area contributed by atoms with Crippen LogP contribution in [-0.2, 0) is 17.7 Å². The number of Topliss-reactive ketones (excluding diaryl/α,β-unsaturated/α-hetero) is 1. The lowest BCUT2D eigenvalue weighted by Crippen LogP contribution is -2.40. The standard InChI is InChI=1S/C39H43N3O3/c1-7-8-18-35-40-33-24-23-30(41-39(5,6)36(43)29-14-10-9-11-15-29)25-34(33)42(35)26-27-19-21-28(22-20-27)31-16-12-13-17-32(31)37(44)45-38(2,3)4/h9-17,19-25,41H,7-8,18,26H2,1-6H3. The summed E-state index contributed by atoms with van der Waals surface area (Å²) in [4.78, 5) is 31.3. The first-order valence-corrected chi connectivity index (χ1v) is 15.7. The lowest BCUT2D eigenvalue weighted by Gasteiger charge is -2.26. The Morgan fingerprint density at radius 1 is 0.844 bits per heavy atom. The maximum atomic E-state index is 13.3. The van der Waals surface area contributed by atoms with E-state index in [0.29, 0.717) is 17.7 Å². The summed E-state index contributed by atoms with van der Waals surface area (Å²) in [6.07, 6.45) is 3.01. The van der Waals surface area contributed by atoms with Crippen molar-refractivity contribution in [1.29, 1.82) is 0 Å². The van der Waals surface area contributed by atoms with Crippen LogP contribution in [0.5, 0.6) is 0 Å². The number of ketones is 1. The third-order valence-corrected chi connectivity index (χ3v) is 7.79. The Labute approximate surface area is 266 Å². The topological polar surface area (TPSA) is 73.2 Å². The average Bonchev–Trinajstić information content (AvgIpc) is 3.35. The van der Waals surface area contributed by atoms with Gasteiger partial charge < -0.3 is 14.6 Å². The van der Waals surface area contributed by atoms with Crippen LogP contribution in [0.15, 0.2) is 97.1 Å². The van der Waals surface area contributed by atoms with Crippen LogP contribution in [0.2, 0.25) is 0 Å². The summed E-state index contributed by atoms with van der Waals surface area (Å²) in [7, 11) is 0. The summed E-state index contributed by atoms with van der Waals surface area (Å²) in [5.41, 5.74) is 5.62. The molecule has 0 amide bonds. The molecule has 45 heavy (non-hydrogen) atoms. The van der Waals surface area contributed by atoms with Crippen LogP contribution >= 0.6 is 0 Å². The normalized spacial score (nSPS) is 11.9. The number of aromatic nitrogens is 2. The van der Waals surface area contributed by atoms with E-state index in [1.165, 1.54) is 0 Å². The number of hydrogen-bond acceptors (Lipinski definition) is 5. The second-order valence-electron chi connectivity index (χ2n) is 13.1. The van der Waals surface area contributed by atoms with Crippen LogP contribution < -0.4 is 5.32 Å². The van der Waals surface area contributed by atoms with Gasteiger partial charge in [-0.1, -0.05) is 86.1 Å². The molecule has 0 radical (unpaired) electrons. The van der Waals surface area contributed by atoms with Crippen molar-refractivity contribution >= 4 is 28.5 Å². The fraction of sp³-hybridized carbons (Fsp3) is 0.308. The van der Waals surface area contributed by atoms with Gasteiger partial charge in [-0.05, 0) is 82.0 Å². The van der Waals surface area contributed by atoms with Gasteiger partial charge in [0.2, 0.25) is 0 Å². The molecule has 0 atom stereocenters. The number of benzene rings is 4. The van der Waals surface area contributed by atoms with Crippen LogP contribution in [0.4, 0.5) is 5.69 Å². The highest BCUT2D eigenvalue weighted by molar-refractivity contribution is 6.04. The van der Waals surface area contributed by atoms with E-state index in [4.69, 9.17) is 9.72 Å². The first kappa shape index (κ1) is 31.7. The summed E-state index contributed by atoms with van der Waals surface area (Å²) < 4.78 is 7.95. The molecule has 0 aliphatic rings. The van der Waals surface area contributed by atoms with E-state index in [0.717, 1.165) is 58.5 Å². The molecule has 6 heteroatoms. The van der Waals surface area contributed by atoms with Crippen molar-refractivity contribution in [1.82, 2.24) is 9.55 Å². The predicted octanol–water partition coefficient (Wildman–Crippen LogP) is 9.12. The number of anilines is 1. The molecule has 0 fully saturated rings. The quantitative estimate of drug-likeness (QED) is 0.121. The Balaban J connectivity index is 1.44. The van der Waals surface area contributed by atoms with Gasteiger partial charge in [0.15, 0.2) is 5.78 Å². The van der Waals surface area contributed by atoms with Crippen LogP contribution in [0.3, 0.4) is 0 Å². The second kappa shape index (κ2) is 13.1. The summed E-state index contributed by atoms with van der Waals surface area (Å²) in [5, 5.41) is 3.48. The van der Waals surface area contributed by atoms with Crippen molar-refractivity contribution in [2.75, 3.05) is 5.32 Å². The molecule has 232 valence electrons. The van der Waals surface area contributed by atoms with E-state index in [1.54, 1.807) is 0 Å². The number of nitrogens with one attached hydrogen (secondary N) is 1. The smallest absolute Gasteiger partial charge is 0.339 e. The van der Waals surface area contributed by atoms with E-state index < -0.39 is 11.1 Å². The minimum Gasteiger partial charge on any atom is -0.456 e. The van der Waals surface area contributed by atoms with Gasteiger partial charge >= 0.3 is 5.97 Å². The Bertz CT molecular complexity index is 1800. The van der Waals surface area contributed by atoms with Crippen molar-refractivity contribution < 1.29 is 14.3 Å². The molecule has 5 aromatic rings. The van der Waals surface area contributed by atoms with Gasteiger partial charge in [-0.25, -0.2) is 9.78 Å². The number of fused-ring (bicyclic) bond motifs is 1. The number of rotatable bonds is 11. The van der Waals surface area contributed by atoms with Gasteiger partial charge in [-0.15, -0.1) is 0 Å². The third kappa shape index (κ3) is 7.51. The zero-order valence-corrected chi connectivity index (χ0v) is 27.2. The Hall–Kier alpha value is -4.71. The molecule has 4 aromatic carbocycles. The first-order chi connectivity index (χ1) is 21.4. The summed E-state index contributed by atoms with van der Waals surface area (Å²) in [6, 6.07) is 31.5. The molecule has 1 N–H and O–H groups in total. The van der Waals surface area contributed by atoms with Crippen LogP contribution in [0.25, 0.3) is 22.2 Å². The zero-order chi connectivity index (χ0) is 32.2. The molecule has 0 unspecified atom stereocenters. The predicted molar refractivity (Wildman–Crippen MR) is 183 cm³/mol. The molecule has 1 heterocycles. The summed E-state index contributed by atoms with van der Waals surface area (Å²) >= 11 is 0. The molecule has 6 nitrogen and oxygen atoms in total. The molecule has 0 aliphatic carbocycles. The van der Waals surface area contributed by atoms with E-state index in [2.05, 4.69) is 47.1 Å². The molecule has 1 aromatic heterocycles. The average molecular weight is 602 g/mol. The fourth-order valence-electron chi connectivity index (χ4n) is 5.54. The highest BCUT2D eigenvalue weighted by atomic mass is 16.6. The van der Waals surface area contributed by atoms with E-state index in [1.807, 2.05) is 101 Å². The third-order valence-electron chi connectivity index (χ3n) is 7.79. The first-order valence-electron chi connectivity index (χ1n) is 15.7. The van der Waals surface area contributed by atoms with Gasteiger partial charge in [-0.3, -0.25) is 4.79 Å². The maximum absolute atomic E-state index is 13.3. The van der Waals surface area contributed by atoms with Crippen molar-refractivity contribution in [3.63, 3.8) is 0 Å². The molecule has 5 rings (SSSR count). The summed E-state index contributed by atoms with van der Waals surface area (Å²) in [5.74, 6) is 0.752. The Kier molecular flexibility index (Phi) is 9.24. The molecule has 0 aliphatic heterocycles. The van der Waals surface area contributed by atoms with Gasteiger partial charge in [-0.2, -0.15) is 0 Å². The summed E-state index contributed by atoms with van der Waals surface area (Å²) in [6.45, 7) is 12.3. The van der Waals surface area contributed by atoms with E-state index in [-0.39, 0.29) is 11.8 Å². The number of hydrogen-bond donors (Lipinski definition) is 1. The fourth-order valence-corrected chi connectivity index (χ4v) is 5.54. The zero-order valence-electron chi connectivity index (χ0n) is 27.2. The highest BCUT2D eigenvalue weighted by Crippen LogP contribution is 2.29. The highest BCUT2D eigenvalue weighted by Gasteiger charge is 2.28. The van der Waals surface area contributed by atoms with E-state index >= 15 is 0 Å². The molecular formula is C39H43N3O3. The Morgan fingerprint density at radius 2 is 1.53 bits per heavy atom. The second-order valence-corrected chi connectivity index (χ2v) is 13.1. The number of carbonyl (C=O) groups excluding carboxylic acids is 2. The molecular weight excluding hydrogens is 558 g/mol. The van der Waals surface area contributed by atoms with Gasteiger partial charge in [0.25, 0.3) is 0 Å². The van der Waals surface area contributed by atoms with Crippen LogP contribution in [0.1, 0.15) is 86.5 Å². The SMILES string of the molecule is CCCCc1nc2ccc(NC(C)(C)C(=O)c3ccccc3)cc2n1Cc1ccc(-c2ccccc2C(=O)OC(C)(C)C)cc1. The number of ether oxygens (including phenoxy) is 1. The van der Waals surface area contributed by atoms with Gasteiger partial charge in [0, 0.05) is 24.2 Å². The van der Waals surface area contributed by atoms with Crippen LogP contribution in [0, 0.1) is 0 Å². The molecule has 0 saturated heterocycles. The lowest BCUT2D eigenvalue weighted by molar-refractivity contribution is 0.00703. The van der Waals surface area contributed by atoms with Crippen molar-refractivity contribution in [2.24, 2.45) is 0 Å². The van der Waals surface area contributed by atoms with Gasteiger partial charge in [0.1, 0.15) is 11.4 Å². The minimum absolute atomic E-state index is 0.0358. The van der Waals surface area contributed by atoms with Crippen molar-refractivity contribution in [3.05, 3.63) is 120 Å². The number of imidazole rings is 1. The molecule has 0 spiro atoms. The van der Waals surface area contributed by atoms with Gasteiger partial charge in [0.05, 0.1) is 22.1 Å². The number of aryl methyl sites for hydroxylation is 1. The maximum Gasteiger partial charge on any atom is 0.339 e. The van der Waals surface area contributed by atoms with Crippen molar-refractivity contribution in [3.8, 4) is 11.1 Å². The largest absolute Gasteiger partial charge is 0.456 e.